The molecule has 0 aromatic heterocycles. The Kier molecular flexibility index (Phi) is 2.82. The number of para-hydroxylation sites is 1. The van der Waals surface area contributed by atoms with E-state index in [2.05, 4.69) is 53.9 Å². The van der Waals surface area contributed by atoms with Crippen LogP contribution in [-0.4, -0.2) is 0 Å². The molecular formula is C18H16ClN. The number of hydrogen-bond donors (Lipinski definition) is 1. The molecule has 0 unspecified atom stereocenters. The highest BCUT2D eigenvalue weighted by molar-refractivity contribution is 6.30. The lowest BCUT2D eigenvalue weighted by Crippen LogP contribution is -2.28. The summed E-state index contributed by atoms with van der Waals surface area (Å²) in [5.41, 5.74) is 4.01. The van der Waals surface area contributed by atoms with Crippen LogP contribution in [0.25, 0.3) is 0 Å². The van der Waals surface area contributed by atoms with Crippen molar-refractivity contribution < 1.29 is 0 Å². The number of allylic oxidation sites excluding steroid dienone is 2. The Balaban J connectivity index is 1.77. The fourth-order valence-corrected chi connectivity index (χ4v) is 3.67. The molecule has 1 N–H and O–H groups in total. The minimum absolute atomic E-state index is 0.363. The van der Waals surface area contributed by atoms with Crippen molar-refractivity contribution in [2.45, 2.75) is 18.4 Å². The van der Waals surface area contributed by atoms with Gasteiger partial charge >= 0.3 is 0 Å². The van der Waals surface area contributed by atoms with Gasteiger partial charge in [0, 0.05) is 16.6 Å². The molecule has 0 bridgehead atoms. The maximum Gasteiger partial charge on any atom is 0.0553 e. The molecule has 0 amide bonds. The molecule has 1 heterocycles. The van der Waals surface area contributed by atoms with Gasteiger partial charge in [0.2, 0.25) is 0 Å². The van der Waals surface area contributed by atoms with Crippen LogP contribution in [0.4, 0.5) is 5.69 Å². The quantitative estimate of drug-likeness (QED) is 0.711. The Labute approximate surface area is 124 Å². The monoisotopic (exact) mass is 281 g/mol. The molecule has 0 fully saturated rings. The van der Waals surface area contributed by atoms with Crippen LogP contribution in [0.2, 0.25) is 5.02 Å². The first-order valence-electron chi connectivity index (χ1n) is 7.10. The van der Waals surface area contributed by atoms with E-state index in [-0.39, 0.29) is 0 Å². The van der Waals surface area contributed by atoms with Gasteiger partial charge in [-0.25, -0.2) is 0 Å². The first-order valence-corrected chi connectivity index (χ1v) is 7.48. The van der Waals surface area contributed by atoms with E-state index in [9.17, 15) is 0 Å². The smallest absolute Gasteiger partial charge is 0.0553 e. The summed E-state index contributed by atoms with van der Waals surface area (Å²) in [4.78, 5) is 0. The molecule has 1 nitrogen and oxygen atoms in total. The highest BCUT2D eigenvalue weighted by Crippen LogP contribution is 2.49. The van der Waals surface area contributed by atoms with E-state index in [1.807, 2.05) is 12.1 Å². The van der Waals surface area contributed by atoms with Crippen LogP contribution >= 0.6 is 11.6 Å². The maximum atomic E-state index is 6.01. The summed E-state index contributed by atoms with van der Waals surface area (Å²) in [6.07, 6.45) is 5.83. The third kappa shape index (κ3) is 1.85. The summed E-state index contributed by atoms with van der Waals surface area (Å²) in [7, 11) is 0. The minimum Gasteiger partial charge on any atom is -0.378 e. The number of halogens is 1. The molecule has 2 aliphatic rings. The van der Waals surface area contributed by atoms with Crippen molar-refractivity contribution in [1.29, 1.82) is 0 Å². The number of fused-ring (bicyclic) bond motifs is 3. The number of rotatable bonds is 1. The molecule has 1 aliphatic carbocycles. The van der Waals surface area contributed by atoms with E-state index in [0.717, 1.165) is 11.4 Å². The largest absolute Gasteiger partial charge is 0.378 e. The summed E-state index contributed by atoms with van der Waals surface area (Å²) in [6, 6.07) is 17.3. The standard InChI is InChI=1S/C18H16ClN/c19-13-10-8-12(9-11-13)18-16-6-3-5-14(16)15-4-1-2-7-17(15)20-18/h1-5,7-11,14,16,18,20H,6H2/t14-,16-,18-/m1/s1. The Morgan fingerprint density at radius 1 is 1.00 bits per heavy atom. The van der Waals surface area contributed by atoms with Crippen molar-refractivity contribution >= 4 is 17.3 Å². The van der Waals surface area contributed by atoms with Gasteiger partial charge in [-0.05, 0) is 41.7 Å². The second kappa shape index (κ2) is 4.68. The molecule has 0 saturated heterocycles. The van der Waals surface area contributed by atoms with Crippen molar-refractivity contribution in [1.82, 2.24) is 0 Å². The minimum atomic E-state index is 0.363. The Morgan fingerprint density at radius 2 is 1.80 bits per heavy atom. The summed E-state index contributed by atoms with van der Waals surface area (Å²) < 4.78 is 0. The average Bonchev–Trinajstić information content (AvgIpc) is 2.97. The first-order chi connectivity index (χ1) is 9.83. The topological polar surface area (TPSA) is 12.0 Å². The average molecular weight is 282 g/mol. The molecular weight excluding hydrogens is 266 g/mol. The fraction of sp³-hybridized carbons (Fsp3) is 0.222. The van der Waals surface area contributed by atoms with Gasteiger partial charge in [-0.3, -0.25) is 0 Å². The molecule has 0 radical (unpaired) electrons. The molecule has 2 heteroatoms. The Morgan fingerprint density at radius 3 is 2.65 bits per heavy atom. The van der Waals surface area contributed by atoms with E-state index in [4.69, 9.17) is 11.6 Å². The van der Waals surface area contributed by atoms with Crippen molar-refractivity contribution in [3.05, 3.63) is 76.8 Å². The van der Waals surface area contributed by atoms with Crippen LogP contribution in [0, 0.1) is 5.92 Å². The van der Waals surface area contributed by atoms with Gasteiger partial charge < -0.3 is 5.32 Å². The highest BCUT2D eigenvalue weighted by atomic mass is 35.5. The van der Waals surface area contributed by atoms with E-state index in [1.165, 1.54) is 16.8 Å². The number of hydrogen-bond acceptors (Lipinski definition) is 1. The summed E-state index contributed by atoms with van der Waals surface area (Å²) in [5.74, 6) is 1.14. The summed E-state index contributed by atoms with van der Waals surface area (Å²) in [5, 5.41) is 4.52. The molecule has 100 valence electrons. The molecule has 4 rings (SSSR count). The van der Waals surface area contributed by atoms with Gasteiger partial charge in [-0.1, -0.05) is 54.1 Å². The lowest BCUT2D eigenvalue weighted by atomic mass is 9.77. The third-order valence-corrected chi connectivity index (χ3v) is 4.75. The zero-order valence-electron chi connectivity index (χ0n) is 11.1. The highest BCUT2D eigenvalue weighted by Gasteiger charge is 2.37. The van der Waals surface area contributed by atoms with Crippen LogP contribution in [0.5, 0.6) is 0 Å². The van der Waals surface area contributed by atoms with Crippen LogP contribution < -0.4 is 5.32 Å². The second-order valence-electron chi connectivity index (χ2n) is 5.61. The zero-order chi connectivity index (χ0) is 13.5. The van der Waals surface area contributed by atoms with Crippen LogP contribution in [-0.2, 0) is 0 Å². The van der Waals surface area contributed by atoms with Crippen molar-refractivity contribution in [3.63, 3.8) is 0 Å². The lowest BCUT2D eigenvalue weighted by Gasteiger charge is -2.37. The van der Waals surface area contributed by atoms with Gasteiger partial charge in [0.15, 0.2) is 0 Å². The summed E-state index contributed by atoms with van der Waals surface area (Å²) in [6.45, 7) is 0. The third-order valence-electron chi connectivity index (χ3n) is 4.50. The van der Waals surface area contributed by atoms with E-state index in [1.54, 1.807) is 0 Å². The van der Waals surface area contributed by atoms with E-state index >= 15 is 0 Å². The number of benzene rings is 2. The molecule has 2 aromatic carbocycles. The van der Waals surface area contributed by atoms with Gasteiger partial charge in [0.25, 0.3) is 0 Å². The van der Waals surface area contributed by atoms with Crippen molar-refractivity contribution in [3.8, 4) is 0 Å². The molecule has 0 saturated carbocycles. The van der Waals surface area contributed by atoms with Gasteiger partial charge in [-0.15, -0.1) is 0 Å². The molecule has 0 spiro atoms. The van der Waals surface area contributed by atoms with Gasteiger partial charge in [0.1, 0.15) is 0 Å². The number of nitrogens with one attached hydrogen (secondary N) is 1. The fourth-order valence-electron chi connectivity index (χ4n) is 3.54. The lowest BCUT2D eigenvalue weighted by molar-refractivity contribution is 0.425. The zero-order valence-corrected chi connectivity index (χ0v) is 11.8. The van der Waals surface area contributed by atoms with Gasteiger partial charge in [0.05, 0.1) is 6.04 Å². The molecule has 20 heavy (non-hydrogen) atoms. The SMILES string of the molecule is Clc1ccc([C@H]2Nc3ccccc3[C@H]3C=CC[C@H]32)cc1. The molecule has 1 aliphatic heterocycles. The molecule has 3 atom stereocenters. The van der Waals surface area contributed by atoms with Gasteiger partial charge in [-0.2, -0.15) is 0 Å². The van der Waals surface area contributed by atoms with E-state index in [0.29, 0.717) is 17.9 Å². The predicted octanol–water partition coefficient (Wildman–Crippen LogP) is 5.17. The molecule has 2 aromatic rings. The number of anilines is 1. The predicted molar refractivity (Wildman–Crippen MR) is 84.2 cm³/mol. The van der Waals surface area contributed by atoms with Crippen molar-refractivity contribution in [2.24, 2.45) is 5.92 Å². The second-order valence-corrected chi connectivity index (χ2v) is 6.05. The first kappa shape index (κ1) is 12.0. The van der Waals surface area contributed by atoms with Crippen LogP contribution in [0.15, 0.2) is 60.7 Å². The van der Waals surface area contributed by atoms with Crippen LogP contribution in [0.1, 0.15) is 29.5 Å². The normalized spacial score (nSPS) is 26.8. The maximum absolute atomic E-state index is 6.01. The Bertz CT molecular complexity index is 659. The van der Waals surface area contributed by atoms with E-state index < -0.39 is 0 Å². The van der Waals surface area contributed by atoms with Crippen molar-refractivity contribution in [2.75, 3.05) is 5.32 Å². The summed E-state index contributed by atoms with van der Waals surface area (Å²) >= 11 is 6.01. The van der Waals surface area contributed by atoms with Crippen LogP contribution in [0.3, 0.4) is 0 Å². The Hall–Kier alpha value is -1.73.